The fourth-order valence-corrected chi connectivity index (χ4v) is 3.85. The summed E-state index contributed by atoms with van der Waals surface area (Å²) in [6.07, 6.45) is 4.69. The second kappa shape index (κ2) is 5.61. The average Bonchev–Trinajstić information content (AvgIpc) is 2.50. The van der Waals surface area contributed by atoms with Crippen LogP contribution in [-0.4, -0.2) is 5.88 Å². The number of alkyl halides is 1. The average molecular weight is 285 g/mol. The summed E-state index contributed by atoms with van der Waals surface area (Å²) >= 11 is 6.45. The Morgan fingerprint density at radius 3 is 2.55 bits per heavy atom. The van der Waals surface area contributed by atoms with Crippen molar-refractivity contribution in [3.8, 4) is 0 Å². The minimum atomic E-state index is 0.117. The van der Waals surface area contributed by atoms with Crippen LogP contribution in [0.5, 0.6) is 0 Å². The van der Waals surface area contributed by atoms with Gasteiger partial charge in [-0.1, -0.05) is 54.1 Å². The van der Waals surface area contributed by atoms with Gasteiger partial charge in [-0.25, -0.2) is 0 Å². The third kappa shape index (κ3) is 2.50. The first-order valence-corrected chi connectivity index (χ1v) is 7.97. The Kier molecular flexibility index (Phi) is 3.85. The van der Waals surface area contributed by atoms with Crippen LogP contribution in [-0.2, 0) is 18.3 Å². The van der Waals surface area contributed by atoms with Gasteiger partial charge in [0.15, 0.2) is 0 Å². The van der Waals surface area contributed by atoms with E-state index >= 15 is 0 Å². The molecule has 0 N–H and O–H groups in total. The van der Waals surface area contributed by atoms with Crippen LogP contribution < -0.4 is 0 Å². The highest BCUT2D eigenvalue weighted by Crippen LogP contribution is 2.40. The second-order valence-electron chi connectivity index (χ2n) is 6.09. The zero-order valence-corrected chi connectivity index (χ0v) is 12.8. The molecule has 1 unspecified atom stereocenters. The molecule has 3 rings (SSSR count). The number of rotatable bonds is 3. The minimum absolute atomic E-state index is 0.117. The summed E-state index contributed by atoms with van der Waals surface area (Å²) in [5.74, 6) is 0.706. The van der Waals surface area contributed by atoms with E-state index in [-0.39, 0.29) is 5.41 Å². The van der Waals surface area contributed by atoms with Gasteiger partial charge in [-0.3, -0.25) is 0 Å². The molecule has 0 aliphatic heterocycles. The zero-order valence-electron chi connectivity index (χ0n) is 12.0. The molecule has 0 heterocycles. The Morgan fingerprint density at radius 1 is 1.05 bits per heavy atom. The number of fused-ring (bicyclic) bond motifs is 1. The van der Waals surface area contributed by atoms with Gasteiger partial charge in [-0.2, -0.15) is 0 Å². The summed E-state index contributed by atoms with van der Waals surface area (Å²) in [5, 5.41) is 0. The molecule has 0 amide bonds. The van der Waals surface area contributed by atoms with Gasteiger partial charge in [0.25, 0.3) is 0 Å². The first-order valence-electron chi connectivity index (χ1n) is 7.43. The van der Waals surface area contributed by atoms with E-state index in [2.05, 4.69) is 55.5 Å². The van der Waals surface area contributed by atoms with Crippen molar-refractivity contribution in [3.05, 3.63) is 70.8 Å². The highest BCUT2D eigenvalue weighted by molar-refractivity contribution is 6.18. The maximum absolute atomic E-state index is 6.45. The molecule has 0 aromatic heterocycles. The van der Waals surface area contributed by atoms with Gasteiger partial charge in [-0.05, 0) is 49.3 Å². The van der Waals surface area contributed by atoms with Crippen LogP contribution in [0.4, 0.5) is 0 Å². The third-order valence-electron chi connectivity index (χ3n) is 4.61. The maximum Gasteiger partial charge on any atom is 0.0323 e. The monoisotopic (exact) mass is 284 g/mol. The zero-order chi connectivity index (χ0) is 14.0. The minimum Gasteiger partial charge on any atom is -0.126 e. The fraction of sp³-hybridized carbons (Fsp3) is 0.368. The lowest BCUT2D eigenvalue weighted by molar-refractivity contribution is 0.396. The first kappa shape index (κ1) is 13.7. The lowest BCUT2D eigenvalue weighted by Crippen LogP contribution is -2.35. The molecule has 0 spiro atoms. The summed E-state index contributed by atoms with van der Waals surface area (Å²) in [4.78, 5) is 0. The van der Waals surface area contributed by atoms with Crippen molar-refractivity contribution < 1.29 is 0 Å². The van der Waals surface area contributed by atoms with E-state index in [0.29, 0.717) is 5.88 Å². The van der Waals surface area contributed by atoms with Crippen LogP contribution in [0.3, 0.4) is 0 Å². The molecular formula is C19H21Cl. The van der Waals surface area contributed by atoms with Crippen molar-refractivity contribution in [2.75, 3.05) is 5.88 Å². The van der Waals surface area contributed by atoms with E-state index < -0.39 is 0 Å². The standard InChI is InChI=1S/C19H21Cl/c1-15-8-10-16(11-9-15)13-19(14-20)12-4-6-17-5-2-3-7-18(17)19/h2-3,5,7-11H,4,6,12-14H2,1H3. The predicted molar refractivity (Wildman–Crippen MR) is 86.7 cm³/mol. The molecule has 20 heavy (non-hydrogen) atoms. The summed E-state index contributed by atoms with van der Waals surface area (Å²) in [6, 6.07) is 17.8. The van der Waals surface area contributed by atoms with Crippen LogP contribution >= 0.6 is 11.6 Å². The highest BCUT2D eigenvalue weighted by Gasteiger charge is 2.35. The molecule has 1 atom stereocenters. The number of hydrogen-bond donors (Lipinski definition) is 0. The second-order valence-corrected chi connectivity index (χ2v) is 6.35. The number of aryl methyl sites for hydroxylation is 2. The summed E-state index contributed by atoms with van der Waals surface area (Å²) in [5.41, 5.74) is 5.80. The highest BCUT2D eigenvalue weighted by atomic mass is 35.5. The molecule has 1 aliphatic rings. The van der Waals surface area contributed by atoms with Crippen LogP contribution in [0.1, 0.15) is 35.1 Å². The van der Waals surface area contributed by atoms with Gasteiger partial charge in [0, 0.05) is 11.3 Å². The summed E-state index contributed by atoms with van der Waals surface area (Å²) in [6.45, 7) is 2.14. The van der Waals surface area contributed by atoms with Gasteiger partial charge < -0.3 is 0 Å². The van der Waals surface area contributed by atoms with Crippen LogP contribution in [0.15, 0.2) is 48.5 Å². The van der Waals surface area contributed by atoms with Crippen molar-refractivity contribution in [3.63, 3.8) is 0 Å². The molecule has 1 heteroatoms. The van der Waals surface area contributed by atoms with Gasteiger partial charge in [0.2, 0.25) is 0 Å². The van der Waals surface area contributed by atoms with E-state index in [1.165, 1.54) is 41.5 Å². The summed E-state index contributed by atoms with van der Waals surface area (Å²) < 4.78 is 0. The molecule has 1 aliphatic carbocycles. The molecule has 0 saturated carbocycles. The Balaban J connectivity index is 1.98. The van der Waals surface area contributed by atoms with Crippen molar-refractivity contribution in [1.29, 1.82) is 0 Å². The van der Waals surface area contributed by atoms with Gasteiger partial charge in [-0.15, -0.1) is 11.6 Å². The topological polar surface area (TPSA) is 0 Å². The molecule has 0 nitrogen and oxygen atoms in total. The van der Waals surface area contributed by atoms with Crippen LogP contribution in [0.25, 0.3) is 0 Å². The Morgan fingerprint density at radius 2 is 1.80 bits per heavy atom. The Hall–Kier alpha value is -1.27. The van der Waals surface area contributed by atoms with Gasteiger partial charge in [0.1, 0.15) is 0 Å². The van der Waals surface area contributed by atoms with E-state index in [1.807, 2.05) is 0 Å². The van der Waals surface area contributed by atoms with Gasteiger partial charge >= 0.3 is 0 Å². The van der Waals surface area contributed by atoms with E-state index in [4.69, 9.17) is 11.6 Å². The molecule has 0 saturated heterocycles. The van der Waals surface area contributed by atoms with Crippen molar-refractivity contribution in [1.82, 2.24) is 0 Å². The van der Waals surface area contributed by atoms with Crippen molar-refractivity contribution in [2.24, 2.45) is 0 Å². The maximum atomic E-state index is 6.45. The third-order valence-corrected chi connectivity index (χ3v) is 5.12. The molecule has 0 radical (unpaired) electrons. The van der Waals surface area contributed by atoms with Crippen LogP contribution in [0, 0.1) is 6.92 Å². The molecule has 0 bridgehead atoms. The number of hydrogen-bond acceptors (Lipinski definition) is 0. The van der Waals surface area contributed by atoms with Crippen molar-refractivity contribution >= 4 is 11.6 Å². The largest absolute Gasteiger partial charge is 0.126 e. The smallest absolute Gasteiger partial charge is 0.0323 e. The molecule has 104 valence electrons. The molecule has 2 aromatic carbocycles. The SMILES string of the molecule is Cc1ccc(CC2(CCl)CCCc3ccccc32)cc1. The van der Waals surface area contributed by atoms with Crippen molar-refractivity contribution in [2.45, 2.75) is 38.0 Å². The van der Waals surface area contributed by atoms with E-state index in [9.17, 15) is 0 Å². The lowest BCUT2D eigenvalue weighted by atomic mass is 9.68. The Labute approximate surface area is 126 Å². The predicted octanol–water partition coefficient (Wildman–Crippen LogP) is 5.05. The molecule has 2 aromatic rings. The summed E-state index contributed by atoms with van der Waals surface area (Å²) in [7, 11) is 0. The molecular weight excluding hydrogens is 264 g/mol. The van der Waals surface area contributed by atoms with E-state index in [1.54, 1.807) is 0 Å². The fourth-order valence-electron chi connectivity index (χ4n) is 3.47. The number of halogens is 1. The first-order chi connectivity index (χ1) is 9.73. The Bertz CT molecular complexity index is 585. The van der Waals surface area contributed by atoms with Crippen LogP contribution in [0.2, 0.25) is 0 Å². The van der Waals surface area contributed by atoms with E-state index in [0.717, 1.165) is 6.42 Å². The molecule has 0 fully saturated rings. The van der Waals surface area contributed by atoms with Gasteiger partial charge in [0.05, 0.1) is 0 Å². The quantitative estimate of drug-likeness (QED) is 0.692. The number of benzene rings is 2. The lowest BCUT2D eigenvalue weighted by Gasteiger charge is -2.38. The normalized spacial score (nSPS) is 21.5.